The molecule has 0 aliphatic carbocycles. The number of rotatable bonds is 5. The van der Waals surface area contributed by atoms with Crippen LogP contribution in [0.2, 0.25) is 5.02 Å². The van der Waals surface area contributed by atoms with Gasteiger partial charge in [0.2, 0.25) is 5.91 Å². The minimum Gasteiger partial charge on any atom is -0.355 e. The van der Waals surface area contributed by atoms with Gasteiger partial charge in [-0.15, -0.1) is 0 Å². The molecule has 0 aromatic carbocycles. The average Bonchev–Trinajstić information content (AvgIpc) is 2.66. The molecule has 0 saturated carbocycles. The van der Waals surface area contributed by atoms with Gasteiger partial charge in [-0.3, -0.25) is 4.79 Å². The van der Waals surface area contributed by atoms with Crippen molar-refractivity contribution in [3.63, 3.8) is 0 Å². The van der Waals surface area contributed by atoms with Crippen LogP contribution in [0.4, 0.5) is 17.6 Å². The molecule has 1 heterocycles. The summed E-state index contributed by atoms with van der Waals surface area (Å²) in [6, 6.07) is -1.16. The Morgan fingerprint density at radius 2 is 1.95 bits per heavy atom. The number of nitrogens with zero attached hydrogens (tertiary/aromatic N) is 2. The highest BCUT2D eigenvalue weighted by atomic mass is 35.5. The lowest BCUT2D eigenvalue weighted by Crippen LogP contribution is -2.32. The number of amides is 1. The molecule has 0 radical (unpaired) electrons. The molecule has 1 aromatic rings. The molecule has 0 aliphatic rings. The largest absolute Gasteiger partial charge is 0.355 e. The number of nitrogens with one attached hydrogen (secondary N) is 1. The molecule has 0 aliphatic heterocycles. The normalized spacial score (nSPS) is 13.1. The molecule has 0 spiro atoms. The number of halogens is 5. The van der Waals surface area contributed by atoms with E-state index in [1.54, 1.807) is 6.92 Å². The van der Waals surface area contributed by atoms with E-state index in [9.17, 15) is 22.4 Å². The van der Waals surface area contributed by atoms with Crippen molar-refractivity contribution >= 4 is 17.5 Å². The zero-order valence-electron chi connectivity index (χ0n) is 10.1. The monoisotopic (exact) mass is 301 g/mol. The number of carbonyl (C=O) groups is 1. The first kappa shape index (κ1) is 15.7. The van der Waals surface area contributed by atoms with Gasteiger partial charge in [0, 0.05) is 6.54 Å². The zero-order chi connectivity index (χ0) is 14.7. The van der Waals surface area contributed by atoms with Crippen LogP contribution in [0.15, 0.2) is 0 Å². The maximum Gasteiger partial charge on any atom is 0.283 e. The summed E-state index contributed by atoms with van der Waals surface area (Å²) in [5, 5.41) is 4.92. The van der Waals surface area contributed by atoms with E-state index in [1.165, 1.54) is 6.92 Å². The SMILES string of the molecule is CCNC(=O)C(C)n1nc(C(F)F)c(Cl)c1C(F)F. The predicted octanol–water partition coefficient (Wildman–Crippen LogP) is 3.11. The third-order valence-electron chi connectivity index (χ3n) is 2.42. The van der Waals surface area contributed by atoms with Crippen LogP contribution in [0.1, 0.15) is 44.1 Å². The van der Waals surface area contributed by atoms with Gasteiger partial charge in [0.15, 0.2) is 0 Å². The molecule has 4 nitrogen and oxygen atoms in total. The van der Waals surface area contributed by atoms with Gasteiger partial charge in [-0.05, 0) is 13.8 Å². The summed E-state index contributed by atoms with van der Waals surface area (Å²) >= 11 is 5.47. The van der Waals surface area contributed by atoms with E-state index in [1.807, 2.05) is 0 Å². The Balaban J connectivity index is 3.26. The van der Waals surface area contributed by atoms with Crippen LogP contribution in [-0.4, -0.2) is 22.2 Å². The summed E-state index contributed by atoms with van der Waals surface area (Å²) in [5.41, 5.74) is -1.83. The first-order valence-corrected chi connectivity index (χ1v) is 5.80. The summed E-state index contributed by atoms with van der Waals surface area (Å²) in [5.74, 6) is -0.607. The van der Waals surface area contributed by atoms with Crippen molar-refractivity contribution in [1.29, 1.82) is 0 Å². The lowest BCUT2D eigenvalue weighted by atomic mass is 10.3. The fourth-order valence-electron chi connectivity index (χ4n) is 1.51. The third kappa shape index (κ3) is 3.17. The van der Waals surface area contributed by atoms with Crippen LogP contribution in [0.25, 0.3) is 0 Å². The molecule has 1 atom stereocenters. The first-order valence-electron chi connectivity index (χ1n) is 5.43. The van der Waals surface area contributed by atoms with Gasteiger partial charge in [0.1, 0.15) is 17.4 Å². The Labute approximate surface area is 111 Å². The van der Waals surface area contributed by atoms with Gasteiger partial charge in [-0.1, -0.05) is 11.6 Å². The minimum absolute atomic E-state index is 0.282. The number of hydrogen-bond acceptors (Lipinski definition) is 2. The number of likely N-dealkylation sites (N-methyl/N-ethyl adjacent to an activating group) is 1. The van der Waals surface area contributed by atoms with E-state index in [0.717, 1.165) is 0 Å². The Kier molecular flexibility index (Phi) is 5.16. The van der Waals surface area contributed by atoms with Crippen LogP contribution in [0.3, 0.4) is 0 Å². The smallest absolute Gasteiger partial charge is 0.283 e. The van der Waals surface area contributed by atoms with E-state index in [2.05, 4.69) is 10.4 Å². The van der Waals surface area contributed by atoms with Gasteiger partial charge < -0.3 is 5.32 Å². The molecule has 0 fully saturated rings. The average molecular weight is 302 g/mol. The maximum absolute atomic E-state index is 12.9. The lowest BCUT2D eigenvalue weighted by molar-refractivity contribution is -0.124. The van der Waals surface area contributed by atoms with E-state index in [0.29, 0.717) is 4.68 Å². The number of carbonyl (C=O) groups excluding carboxylic acids is 1. The second kappa shape index (κ2) is 6.23. The van der Waals surface area contributed by atoms with Gasteiger partial charge >= 0.3 is 0 Å². The number of aromatic nitrogens is 2. The van der Waals surface area contributed by atoms with Crippen molar-refractivity contribution < 1.29 is 22.4 Å². The number of hydrogen-bond donors (Lipinski definition) is 1. The Hall–Kier alpha value is -1.31. The van der Waals surface area contributed by atoms with E-state index < -0.39 is 41.2 Å². The minimum atomic E-state index is -3.11. The van der Waals surface area contributed by atoms with E-state index in [4.69, 9.17) is 11.6 Å². The zero-order valence-corrected chi connectivity index (χ0v) is 10.9. The van der Waals surface area contributed by atoms with Crippen molar-refractivity contribution in [3.05, 3.63) is 16.4 Å². The topological polar surface area (TPSA) is 46.9 Å². The van der Waals surface area contributed by atoms with Crippen LogP contribution < -0.4 is 5.32 Å². The second-order valence-electron chi connectivity index (χ2n) is 3.70. The molecule has 108 valence electrons. The predicted molar refractivity (Wildman–Crippen MR) is 60.5 cm³/mol. The summed E-state index contributed by atoms with van der Waals surface area (Å²) in [6.07, 6.45) is -6.20. The van der Waals surface area contributed by atoms with Gasteiger partial charge in [-0.2, -0.15) is 5.10 Å². The maximum atomic E-state index is 12.9. The molecule has 1 amide bonds. The van der Waals surface area contributed by atoms with Crippen molar-refractivity contribution in [2.45, 2.75) is 32.7 Å². The molecule has 9 heteroatoms. The van der Waals surface area contributed by atoms with Crippen molar-refractivity contribution in [1.82, 2.24) is 15.1 Å². The highest BCUT2D eigenvalue weighted by molar-refractivity contribution is 6.32. The van der Waals surface area contributed by atoms with Crippen LogP contribution in [-0.2, 0) is 4.79 Å². The van der Waals surface area contributed by atoms with Crippen LogP contribution >= 0.6 is 11.6 Å². The molecule has 1 N–H and O–H groups in total. The van der Waals surface area contributed by atoms with E-state index >= 15 is 0 Å². The Morgan fingerprint density at radius 1 is 1.37 bits per heavy atom. The molecular weight excluding hydrogens is 290 g/mol. The summed E-state index contributed by atoms with van der Waals surface area (Å²) in [4.78, 5) is 11.6. The lowest BCUT2D eigenvalue weighted by Gasteiger charge is -2.14. The Bertz CT molecular complexity index is 464. The molecule has 19 heavy (non-hydrogen) atoms. The number of alkyl halides is 4. The standard InChI is InChI=1S/C10H12ClF4N3O/c1-3-16-10(19)4(2)18-7(9(14)15)5(11)6(17-18)8(12)13/h4,8-9H,3H2,1-2H3,(H,16,19). The second-order valence-corrected chi connectivity index (χ2v) is 4.08. The van der Waals surface area contributed by atoms with Crippen LogP contribution in [0.5, 0.6) is 0 Å². The summed E-state index contributed by atoms with van der Waals surface area (Å²) in [6.45, 7) is 3.19. The van der Waals surface area contributed by atoms with Gasteiger partial charge in [0.25, 0.3) is 12.9 Å². The highest BCUT2D eigenvalue weighted by Crippen LogP contribution is 2.36. The quantitative estimate of drug-likeness (QED) is 0.850. The van der Waals surface area contributed by atoms with E-state index in [-0.39, 0.29) is 6.54 Å². The Morgan fingerprint density at radius 3 is 2.37 bits per heavy atom. The van der Waals surface area contributed by atoms with Crippen molar-refractivity contribution in [2.24, 2.45) is 0 Å². The van der Waals surface area contributed by atoms with Crippen LogP contribution in [0, 0.1) is 0 Å². The van der Waals surface area contributed by atoms with Gasteiger partial charge in [0.05, 0.1) is 5.02 Å². The molecular formula is C10H12ClF4N3O. The summed E-state index contributed by atoms with van der Waals surface area (Å²) in [7, 11) is 0. The highest BCUT2D eigenvalue weighted by Gasteiger charge is 2.31. The fourth-order valence-corrected chi connectivity index (χ4v) is 1.80. The van der Waals surface area contributed by atoms with Crippen molar-refractivity contribution in [3.8, 4) is 0 Å². The molecule has 0 saturated heterocycles. The van der Waals surface area contributed by atoms with Crippen molar-refractivity contribution in [2.75, 3.05) is 6.54 Å². The molecule has 0 bridgehead atoms. The summed E-state index contributed by atoms with van der Waals surface area (Å²) < 4.78 is 51.4. The molecule has 1 rings (SSSR count). The third-order valence-corrected chi connectivity index (χ3v) is 2.81. The first-order chi connectivity index (χ1) is 8.81. The van der Waals surface area contributed by atoms with Gasteiger partial charge in [-0.25, -0.2) is 22.2 Å². The molecule has 1 unspecified atom stereocenters. The molecule has 1 aromatic heterocycles. The fraction of sp³-hybridized carbons (Fsp3) is 0.600.